The summed E-state index contributed by atoms with van der Waals surface area (Å²) in [4.78, 5) is 10.9. The van der Waals surface area contributed by atoms with Gasteiger partial charge >= 0.3 is 5.97 Å². The maximum absolute atomic E-state index is 10.9. The first kappa shape index (κ1) is 11.7. The number of aromatic carboxylic acids is 1. The fraction of sp³-hybridized carbons (Fsp3) is 0.167. The number of rotatable bonds is 2. The third-order valence-corrected chi connectivity index (χ3v) is 3.09. The average molecular weight is 251 g/mol. The first-order chi connectivity index (χ1) is 8.00. The molecule has 1 aromatic heterocycles. The van der Waals surface area contributed by atoms with E-state index in [1.165, 1.54) is 0 Å². The quantitative estimate of drug-likeness (QED) is 0.892. The Labute approximate surface area is 103 Å². The molecule has 2 aromatic rings. The molecule has 2 rings (SSSR count). The minimum atomic E-state index is -0.959. The lowest BCUT2D eigenvalue weighted by Gasteiger charge is -2.05. The first-order valence-electron chi connectivity index (χ1n) is 5.06. The Morgan fingerprint density at radius 2 is 2.12 bits per heavy atom. The summed E-state index contributed by atoms with van der Waals surface area (Å²) < 4.78 is 1.64. The van der Waals surface area contributed by atoms with Gasteiger partial charge in [0.15, 0.2) is 0 Å². The smallest absolute Gasteiger partial charge is 0.335 e. The van der Waals surface area contributed by atoms with Gasteiger partial charge in [0.25, 0.3) is 0 Å². The monoisotopic (exact) mass is 250 g/mol. The number of aryl methyl sites for hydroxylation is 1. The van der Waals surface area contributed by atoms with E-state index in [1.54, 1.807) is 28.9 Å². The van der Waals surface area contributed by atoms with Gasteiger partial charge in [0.1, 0.15) is 0 Å². The molecule has 17 heavy (non-hydrogen) atoms. The van der Waals surface area contributed by atoms with E-state index < -0.39 is 5.97 Å². The van der Waals surface area contributed by atoms with Crippen LogP contribution in [-0.2, 0) is 0 Å². The molecule has 0 bridgehead atoms. The second kappa shape index (κ2) is 4.22. The minimum Gasteiger partial charge on any atom is -0.478 e. The number of carbonyl (C=O) groups is 1. The predicted octanol–water partition coefficient (Wildman–Crippen LogP) is 2.84. The van der Waals surface area contributed by atoms with Crippen molar-refractivity contribution >= 4 is 17.6 Å². The number of hydrogen-bond donors (Lipinski definition) is 1. The van der Waals surface area contributed by atoms with E-state index in [1.807, 2.05) is 13.8 Å². The summed E-state index contributed by atoms with van der Waals surface area (Å²) in [6, 6.07) is 6.59. The fourth-order valence-electron chi connectivity index (χ4n) is 1.65. The lowest BCUT2D eigenvalue weighted by atomic mass is 10.2. The van der Waals surface area contributed by atoms with Crippen LogP contribution in [0, 0.1) is 13.8 Å². The normalized spacial score (nSPS) is 10.5. The van der Waals surface area contributed by atoms with Gasteiger partial charge in [0, 0.05) is 0 Å². The van der Waals surface area contributed by atoms with Gasteiger partial charge in [-0.1, -0.05) is 17.7 Å². The third kappa shape index (κ3) is 2.03. The van der Waals surface area contributed by atoms with E-state index >= 15 is 0 Å². The number of nitrogens with zero attached hydrogens (tertiary/aromatic N) is 2. The highest BCUT2D eigenvalue weighted by molar-refractivity contribution is 6.31. The molecule has 88 valence electrons. The Bertz CT molecular complexity index is 590. The highest BCUT2D eigenvalue weighted by Gasteiger charge is 2.11. The van der Waals surface area contributed by atoms with Gasteiger partial charge in [-0.05, 0) is 32.0 Å². The number of halogens is 1. The van der Waals surface area contributed by atoms with Gasteiger partial charge < -0.3 is 5.11 Å². The van der Waals surface area contributed by atoms with E-state index in [-0.39, 0.29) is 5.56 Å². The topological polar surface area (TPSA) is 55.1 Å². The standard InChI is InChI=1S/C12H11ClN2O2/c1-7-11(13)8(2)15(14-7)10-5-3-4-9(6-10)12(16)17/h3-6H,1-2H3,(H,16,17). The largest absolute Gasteiger partial charge is 0.478 e. The fourth-order valence-corrected chi connectivity index (χ4v) is 1.76. The summed E-state index contributed by atoms with van der Waals surface area (Å²) in [6.45, 7) is 3.66. The van der Waals surface area contributed by atoms with E-state index in [4.69, 9.17) is 16.7 Å². The molecular weight excluding hydrogens is 240 g/mol. The molecule has 0 radical (unpaired) electrons. The molecule has 0 fully saturated rings. The molecular formula is C12H11ClN2O2. The SMILES string of the molecule is Cc1nn(-c2cccc(C(=O)O)c2)c(C)c1Cl. The summed E-state index contributed by atoms with van der Waals surface area (Å²) in [5.74, 6) is -0.959. The summed E-state index contributed by atoms with van der Waals surface area (Å²) in [5.41, 5.74) is 2.44. The molecule has 0 amide bonds. The third-order valence-electron chi connectivity index (χ3n) is 2.54. The second-order valence-corrected chi connectivity index (χ2v) is 4.13. The summed E-state index contributed by atoms with van der Waals surface area (Å²) in [6.07, 6.45) is 0. The number of aromatic nitrogens is 2. The molecule has 0 atom stereocenters. The predicted molar refractivity (Wildman–Crippen MR) is 65.0 cm³/mol. The molecule has 0 saturated carbocycles. The zero-order valence-corrected chi connectivity index (χ0v) is 10.2. The van der Waals surface area contributed by atoms with Crippen molar-refractivity contribution in [2.24, 2.45) is 0 Å². The molecule has 1 heterocycles. The van der Waals surface area contributed by atoms with Crippen LogP contribution in [0.1, 0.15) is 21.7 Å². The summed E-state index contributed by atoms with van der Waals surface area (Å²) in [5, 5.41) is 13.8. The molecule has 0 spiro atoms. The van der Waals surface area contributed by atoms with Gasteiger partial charge in [-0.15, -0.1) is 0 Å². The molecule has 4 nitrogen and oxygen atoms in total. The van der Waals surface area contributed by atoms with Crippen LogP contribution < -0.4 is 0 Å². The van der Waals surface area contributed by atoms with Crippen LogP contribution in [0.5, 0.6) is 0 Å². The molecule has 1 N–H and O–H groups in total. The Morgan fingerprint density at radius 3 is 2.65 bits per heavy atom. The zero-order valence-electron chi connectivity index (χ0n) is 9.44. The van der Waals surface area contributed by atoms with Crippen molar-refractivity contribution in [3.63, 3.8) is 0 Å². The van der Waals surface area contributed by atoms with E-state index in [2.05, 4.69) is 5.10 Å². The van der Waals surface area contributed by atoms with Gasteiger partial charge in [0.05, 0.1) is 27.7 Å². The van der Waals surface area contributed by atoms with E-state index in [0.717, 1.165) is 11.4 Å². The Hall–Kier alpha value is -1.81. The molecule has 0 saturated heterocycles. The molecule has 1 aromatic carbocycles. The summed E-state index contributed by atoms with van der Waals surface area (Å²) >= 11 is 6.05. The van der Waals surface area contributed by atoms with Crippen molar-refractivity contribution in [2.75, 3.05) is 0 Å². The van der Waals surface area contributed by atoms with Crippen molar-refractivity contribution in [3.8, 4) is 5.69 Å². The maximum atomic E-state index is 10.9. The van der Waals surface area contributed by atoms with Crippen molar-refractivity contribution in [1.82, 2.24) is 9.78 Å². The lowest BCUT2D eigenvalue weighted by Crippen LogP contribution is -2.02. The van der Waals surface area contributed by atoms with Crippen LogP contribution >= 0.6 is 11.6 Å². The number of carboxylic acid groups (broad SMARTS) is 1. The van der Waals surface area contributed by atoms with Crippen LogP contribution in [0.25, 0.3) is 5.69 Å². The van der Waals surface area contributed by atoms with Crippen LogP contribution in [0.15, 0.2) is 24.3 Å². The van der Waals surface area contributed by atoms with Crippen molar-refractivity contribution in [2.45, 2.75) is 13.8 Å². The lowest BCUT2D eigenvalue weighted by molar-refractivity contribution is 0.0697. The molecule has 0 aliphatic carbocycles. The van der Waals surface area contributed by atoms with Gasteiger partial charge in [-0.2, -0.15) is 5.10 Å². The summed E-state index contributed by atoms with van der Waals surface area (Å²) in [7, 11) is 0. The maximum Gasteiger partial charge on any atom is 0.335 e. The number of hydrogen-bond acceptors (Lipinski definition) is 2. The molecule has 5 heteroatoms. The van der Waals surface area contributed by atoms with Gasteiger partial charge in [-0.3, -0.25) is 0 Å². The van der Waals surface area contributed by atoms with Crippen LogP contribution in [-0.4, -0.2) is 20.9 Å². The highest BCUT2D eigenvalue weighted by Crippen LogP contribution is 2.22. The average Bonchev–Trinajstić information content (AvgIpc) is 2.57. The Balaban J connectivity index is 2.56. The Kier molecular flexibility index (Phi) is 2.90. The van der Waals surface area contributed by atoms with Gasteiger partial charge in [0.2, 0.25) is 0 Å². The first-order valence-corrected chi connectivity index (χ1v) is 5.44. The molecule has 0 aliphatic rings. The second-order valence-electron chi connectivity index (χ2n) is 3.75. The minimum absolute atomic E-state index is 0.228. The number of benzene rings is 1. The van der Waals surface area contributed by atoms with E-state index in [9.17, 15) is 4.79 Å². The Morgan fingerprint density at radius 1 is 1.41 bits per heavy atom. The van der Waals surface area contributed by atoms with Crippen molar-refractivity contribution in [3.05, 3.63) is 46.2 Å². The molecule has 0 unspecified atom stereocenters. The van der Waals surface area contributed by atoms with Crippen LogP contribution in [0.3, 0.4) is 0 Å². The van der Waals surface area contributed by atoms with Crippen molar-refractivity contribution in [1.29, 1.82) is 0 Å². The highest BCUT2D eigenvalue weighted by atomic mass is 35.5. The molecule has 0 aliphatic heterocycles. The van der Waals surface area contributed by atoms with Gasteiger partial charge in [-0.25, -0.2) is 9.48 Å². The number of carboxylic acids is 1. The van der Waals surface area contributed by atoms with Crippen molar-refractivity contribution < 1.29 is 9.90 Å². The zero-order chi connectivity index (χ0) is 12.6. The van der Waals surface area contributed by atoms with E-state index in [0.29, 0.717) is 10.7 Å². The van der Waals surface area contributed by atoms with Crippen LogP contribution in [0.4, 0.5) is 0 Å². The van der Waals surface area contributed by atoms with Crippen LogP contribution in [0.2, 0.25) is 5.02 Å².